The van der Waals surface area contributed by atoms with Crippen LogP contribution in [0.5, 0.6) is 0 Å². The molecule has 1 atom stereocenters. The minimum atomic E-state index is -0.283. The maximum atomic E-state index is 9.44. The van der Waals surface area contributed by atoms with Crippen LogP contribution in [0.3, 0.4) is 0 Å². The van der Waals surface area contributed by atoms with Crippen molar-refractivity contribution in [1.29, 1.82) is 5.26 Å². The van der Waals surface area contributed by atoms with Gasteiger partial charge in [-0.05, 0) is 17.5 Å². The number of nitrogens with two attached hydrogens (primary N) is 1. The molecule has 106 valence electrons. The van der Waals surface area contributed by atoms with E-state index in [2.05, 4.69) is 35.4 Å². The minimum Gasteiger partial charge on any atom is -0.425 e. The van der Waals surface area contributed by atoms with Gasteiger partial charge in [-0.3, -0.25) is 0 Å². The number of fused-ring (bicyclic) bond motifs is 1. The third kappa shape index (κ3) is 2.15. The number of nitriles is 1. The van der Waals surface area contributed by atoms with E-state index in [1.165, 1.54) is 5.56 Å². The van der Waals surface area contributed by atoms with Crippen molar-refractivity contribution >= 4 is 5.88 Å². The molecule has 2 heterocycles. The highest BCUT2D eigenvalue weighted by atomic mass is 16.4. The zero-order chi connectivity index (χ0) is 15.0. The molecule has 0 bridgehead atoms. The van der Waals surface area contributed by atoms with Crippen molar-refractivity contribution in [2.45, 2.75) is 26.2 Å². The van der Waals surface area contributed by atoms with Gasteiger partial charge in [-0.15, -0.1) is 0 Å². The minimum absolute atomic E-state index is 0.283. The zero-order valence-electron chi connectivity index (χ0n) is 12.0. The SMILES string of the molecule is CCc1ccc(C2C(C#N)=C(N)Nc3oc(C)nc32)cc1. The van der Waals surface area contributed by atoms with Gasteiger partial charge in [0.2, 0.25) is 5.88 Å². The number of anilines is 1. The van der Waals surface area contributed by atoms with Gasteiger partial charge in [-0.25, -0.2) is 4.98 Å². The van der Waals surface area contributed by atoms with Crippen LogP contribution >= 0.6 is 0 Å². The maximum absolute atomic E-state index is 9.44. The first kappa shape index (κ1) is 13.3. The molecular weight excluding hydrogens is 264 g/mol. The molecule has 1 aromatic heterocycles. The van der Waals surface area contributed by atoms with Crippen molar-refractivity contribution in [2.24, 2.45) is 5.73 Å². The fourth-order valence-electron chi connectivity index (χ4n) is 2.61. The van der Waals surface area contributed by atoms with Crippen LogP contribution in [0.1, 0.15) is 35.6 Å². The van der Waals surface area contributed by atoms with Gasteiger partial charge in [-0.1, -0.05) is 31.2 Å². The van der Waals surface area contributed by atoms with Crippen LogP contribution in [0.4, 0.5) is 5.88 Å². The van der Waals surface area contributed by atoms with Gasteiger partial charge >= 0.3 is 0 Å². The summed E-state index contributed by atoms with van der Waals surface area (Å²) in [5, 5.41) is 12.3. The topological polar surface area (TPSA) is 87.9 Å². The van der Waals surface area contributed by atoms with Gasteiger partial charge in [0.05, 0.1) is 17.6 Å². The van der Waals surface area contributed by atoms with Gasteiger partial charge in [0.1, 0.15) is 11.5 Å². The second-order valence-electron chi connectivity index (χ2n) is 5.04. The number of rotatable bonds is 2. The van der Waals surface area contributed by atoms with Crippen LogP contribution < -0.4 is 11.1 Å². The molecule has 1 unspecified atom stereocenters. The molecule has 21 heavy (non-hydrogen) atoms. The number of oxazole rings is 1. The first-order valence-electron chi connectivity index (χ1n) is 6.87. The molecule has 5 heteroatoms. The van der Waals surface area contributed by atoms with Gasteiger partial charge in [0, 0.05) is 6.92 Å². The Morgan fingerprint density at radius 2 is 2.10 bits per heavy atom. The van der Waals surface area contributed by atoms with Gasteiger partial charge in [0.15, 0.2) is 5.89 Å². The third-order valence-electron chi connectivity index (χ3n) is 3.70. The lowest BCUT2D eigenvalue weighted by molar-refractivity contribution is 0.534. The quantitative estimate of drug-likeness (QED) is 0.883. The molecule has 0 fully saturated rings. The van der Waals surface area contributed by atoms with E-state index < -0.39 is 0 Å². The first-order valence-corrected chi connectivity index (χ1v) is 6.87. The largest absolute Gasteiger partial charge is 0.425 e. The fourth-order valence-corrected chi connectivity index (χ4v) is 2.61. The lowest BCUT2D eigenvalue weighted by Gasteiger charge is -2.22. The summed E-state index contributed by atoms with van der Waals surface area (Å²) in [7, 11) is 0. The van der Waals surface area contributed by atoms with Gasteiger partial charge in [-0.2, -0.15) is 5.26 Å². The summed E-state index contributed by atoms with van der Waals surface area (Å²) in [5.41, 5.74) is 9.38. The molecule has 0 radical (unpaired) electrons. The van der Waals surface area contributed by atoms with Crippen LogP contribution in [0, 0.1) is 18.3 Å². The Kier molecular flexibility index (Phi) is 3.15. The Bertz CT molecular complexity index is 750. The van der Waals surface area contributed by atoms with Crippen molar-refractivity contribution in [3.63, 3.8) is 0 Å². The fraction of sp³-hybridized carbons (Fsp3) is 0.250. The van der Waals surface area contributed by atoms with E-state index in [1.807, 2.05) is 12.1 Å². The van der Waals surface area contributed by atoms with Crippen LogP contribution in [0.2, 0.25) is 0 Å². The molecule has 0 aliphatic carbocycles. The molecule has 0 saturated carbocycles. The van der Waals surface area contributed by atoms with Crippen LogP contribution in [0.25, 0.3) is 0 Å². The number of aryl methyl sites for hydroxylation is 2. The molecule has 3 N–H and O–H groups in total. The van der Waals surface area contributed by atoms with Crippen LogP contribution in [0.15, 0.2) is 40.1 Å². The van der Waals surface area contributed by atoms with Crippen molar-refractivity contribution in [1.82, 2.24) is 4.98 Å². The van der Waals surface area contributed by atoms with Gasteiger partial charge in [0.25, 0.3) is 0 Å². The summed E-state index contributed by atoms with van der Waals surface area (Å²) >= 11 is 0. The van der Waals surface area contributed by atoms with Gasteiger partial charge < -0.3 is 15.5 Å². The number of nitrogens with one attached hydrogen (secondary N) is 1. The molecule has 3 rings (SSSR count). The molecule has 0 saturated heterocycles. The van der Waals surface area contributed by atoms with E-state index in [9.17, 15) is 5.26 Å². The van der Waals surface area contributed by atoms with E-state index >= 15 is 0 Å². The van der Waals surface area contributed by atoms with Crippen molar-refractivity contribution < 1.29 is 4.42 Å². The standard InChI is InChI=1S/C16H16N4O/c1-3-10-4-6-11(7-5-10)13-12(8-17)15(18)20-16-14(13)19-9(2)21-16/h4-7,13,20H,3,18H2,1-2H3. The number of nitrogens with zero attached hydrogens (tertiary/aromatic N) is 2. The molecule has 2 aromatic rings. The Morgan fingerprint density at radius 1 is 1.38 bits per heavy atom. The van der Waals surface area contributed by atoms with E-state index in [0.29, 0.717) is 28.9 Å². The van der Waals surface area contributed by atoms with Crippen molar-refractivity contribution in [2.75, 3.05) is 5.32 Å². The normalized spacial score (nSPS) is 17.1. The van der Waals surface area contributed by atoms with E-state index in [-0.39, 0.29) is 5.92 Å². The van der Waals surface area contributed by atoms with E-state index in [0.717, 1.165) is 12.0 Å². The highest BCUT2D eigenvalue weighted by Crippen LogP contribution is 2.40. The summed E-state index contributed by atoms with van der Waals surface area (Å²) in [6.07, 6.45) is 0.976. The Hall–Kier alpha value is -2.74. The first-order chi connectivity index (χ1) is 10.1. The predicted octanol–water partition coefficient (Wildman–Crippen LogP) is 2.80. The number of aromatic nitrogens is 1. The summed E-state index contributed by atoms with van der Waals surface area (Å²) in [6, 6.07) is 10.4. The lowest BCUT2D eigenvalue weighted by Crippen LogP contribution is -2.22. The lowest BCUT2D eigenvalue weighted by atomic mass is 9.86. The predicted molar refractivity (Wildman–Crippen MR) is 79.4 cm³/mol. The Balaban J connectivity index is 2.14. The van der Waals surface area contributed by atoms with Crippen molar-refractivity contribution in [3.8, 4) is 6.07 Å². The maximum Gasteiger partial charge on any atom is 0.223 e. The molecule has 1 aromatic carbocycles. The summed E-state index contributed by atoms with van der Waals surface area (Å²) in [4.78, 5) is 4.41. The zero-order valence-corrected chi connectivity index (χ0v) is 12.0. The Morgan fingerprint density at radius 3 is 2.71 bits per heavy atom. The second-order valence-corrected chi connectivity index (χ2v) is 5.04. The highest BCUT2D eigenvalue weighted by Gasteiger charge is 2.32. The van der Waals surface area contributed by atoms with E-state index in [1.54, 1.807) is 6.92 Å². The molecule has 1 aliphatic rings. The number of benzene rings is 1. The molecule has 1 aliphatic heterocycles. The molecule has 0 amide bonds. The average molecular weight is 280 g/mol. The Labute approximate surface area is 123 Å². The summed E-state index contributed by atoms with van der Waals surface area (Å²) in [6.45, 7) is 3.89. The summed E-state index contributed by atoms with van der Waals surface area (Å²) in [5.74, 6) is 1.11. The second kappa shape index (κ2) is 4.98. The molecular formula is C16H16N4O. The van der Waals surface area contributed by atoms with Crippen molar-refractivity contribution in [3.05, 3.63) is 58.4 Å². The number of hydrogen-bond acceptors (Lipinski definition) is 5. The number of allylic oxidation sites excluding steroid dienone is 1. The highest BCUT2D eigenvalue weighted by molar-refractivity contribution is 5.61. The molecule has 5 nitrogen and oxygen atoms in total. The average Bonchev–Trinajstić information content (AvgIpc) is 2.85. The smallest absolute Gasteiger partial charge is 0.223 e. The summed E-state index contributed by atoms with van der Waals surface area (Å²) < 4.78 is 5.52. The van der Waals surface area contributed by atoms with Crippen LogP contribution in [-0.4, -0.2) is 4.98 Å². The number of hydrogen-bond donors (Lipinski definition) is 2. The van der Waals surface area contributed by atoms with Crippen LogP contribution in [-0.2, 0) is 6.42 Å². The third-order valence-corrected chi connectivity index (χ3v) is 3.70. The molecule has 0 spiro atoms. The monoisotopic (exact) mass is 280 g/mol. The van der Waals surface area contributed by atoms with E-state index in [4.69, 9.17) is 10.2 Å².